The van der Waals surface area contributed by atoms with Crippen molar-refractivity contribution in [1.29, 1.82) is 0 Å². The standard InChI is InChI=1S/C24H33N3O4/c1-18(24(28)25-20-7-10-22(30-3)23(17-20)31-4)27-15-13-26(14-16-27)12-11-19-5-8-21(29-2)9-6-19/h5-10,17-18H,11-16H2,1-4H3,(H,25,28). The quantitative estimate of drug-likeness (QED) is 0.664. The van der Waals surface area contributed by atoms with Gasteiger partial charge >= 0.3 is 0 Å². The number of carbonyl (C=O) groups excluding carboxylic acids is 1. The molecule has 0 bridgehead atoms. The fourth-order valence-electron chi connectivity index (χ4n) is 3.78. The zero-order valence-corrected chi connectivity index (χ0v) is 18.9. The molecule has 2 aromatic carbocycles. The second-order valence-electron chi connectivity index (χ2n) is 7.71. The summed E-state index contributed by atoms with van der Waals surface area (Å²) < 4.78 is 15.8. The summed E-state index contributed by atoms with van der Waals surface area (Å²) in [5.74, 6) is 2.11. The van der Waals surface area contributed by atoms with Gasteiger partial charge in [-0.1, -0.05) is 12.1 Å². The Morgan fingerprint density at radius 2 is 1.61 bits per heavy atom. The third kappa shape index (κ3) is 6.12. The van der Waals surface area contributed by atoms with Crippen molar-refractivity contribution in [2.45, 2.75) is 19.4 Å². The highest BCUT2D eigenvalue weighted by molar-refractivity contribution is 5.94. The number of anilines is 1. The summed E-state index contributed by atoms with van der Waals surface area (Å²) in [6.45, 7) is 6.66. The van der Waals surface area contributed by atoms with Crippen LogP contribution >= 0.6 is 0 Å². The number of rotatable bonds is 9. The van der Waals surface area contributed by atoms with Gasteiger partial charge in [0, 0.05) is 44.5 Å². The van der Waals surface area contributed by atoms with E-state index >= 15 is 0 Å². The number of ether oxygens (including phenoxy) is 3. The minimum absolute atomic E-state index is 0.0149. The van der Waals surface area contributed by atoms with Crippen molar-refractivity contribution < 1.29 is 19.0 Å². The van der Waals surface area contributed by atoms with Crippen molar-refractivity contribution in [3.05, 3.63) is 48.0 Å². The van der Waals surface area contributed by atoms with Crippen LogP contribution in [0.15, 0.2) is 42.5 Å². The molecule has 1 unspecified atom stereocenters. The van der Waals surface area contributed by atoms with Gasteiger partial charge in [-0.2, -0.15) is 0 Å². The lowest BCUT2D eigenvalue weighted by molar-refractivity contribution is -0.121. The molecule has 3 rings (SSSR count). The number of nitrogens with zero attached hydrogens (tertiary/aromatic N) is 2. The molecule has 0 aliphatic carbocycles. The minimum atomic E-state index is -0.197. The highest BCUT2D eigenvalue weighted by atomic mass is 16.5. The molecule has 0 spiro atoms. The number of benzene rings is 2. The van der Waals surface area contributed by atoms with Gasteiger partial charge in [-0.05, 0) is 43.2 Å². The molecule has 1 amide bonds. The first-order valence-electron chi connectivity index (χ1n) is 10.7. The maximum Gasteiger partial charge on any atom is 0.241 e. The lowest BCUT2D eigenvalue weighted by atomic mass is 10.1. The summed E-state index contributed by atoms with van der Waals surface area (Å²) >= 11 is 0. The normalized spacial score (nSPS) is 15.9. The van der Waals surface area contributed by atoms with Crippen LogP contribution in [-0.2, 0) is 11.2 Å². The average Bonchev–Trinajstić information content (AvgIpc) is 2.82. The van der Waals surface area contributed by atoms with E-state index in [1.54, 1.807) is 33.5 Å². The van der Waals surface area contributed by atoms with Gasteiger partial charge in [-0.15, -0.1) is 0 Å². The van der Waals surface area contributed by atoms with Gasteiger partial charge in [0.2, 0.25) is 5.91 Å². The predicted octanol–water partition coefficient (Wildman–Crippen LogP) is 2.90. The van der Waals surface area contributed by atoms with E-state index in [4.69, 9.17) is 14.2 Å². The highest BCUT2D eigenvalue weighted by Crippen LogP contribution is 2.29. The molecule has 1 saturated heterocycles. The van der Waals surface area contributed by atoms with Crippen molar-refractivity contribution in [2.75, 3.05) is 59.4 Å². The summed E-state index contributed by atoms with van der Waals surface area (Å²) in [7, 11) is 4.86. The fraction of sp³-hybridized carbons (Fsp3) is 0.458. The van der Waals surface area contributed by atoms with Gasteiger partial charge < -0.3 is 24.4 Å². The molecule has 0 aromatic heterocycles. The predicted molar refractivity (Wildman–Crippen MR) is 122 cm³/mol. The Morgan fingerprint density at radius 1 is 0.935 bits per heavy atom. The van der Waals surface area contributed by atoms with Crippen LogP contribution < -0.4 is 19.5 Å². The molecular formula is C24H33N3O4. The Hall–Kier alpha value is -2.77. The van der Waals surface area contributed by atoms with Crippen LogP contribution in [0.5, 0.6) is 17.2 Å². The van der Waals surface area contributed by atoms with Crippen molar-refractivity contribution in [3.63, 3.8) is 0 Å². The number of hydrogen-bond acceptors (Lipinski definition) is 6. The van der Waals surface area contributed by atoms with Gasteiger partial charge in [0.1, 0.15) is 5.75 Å². The molecule has 2 aromatic rings. The first-order chi connectivity index (χ1) is 15.0. The van der Waals surface area contributed by atoms with E-state index in [1.807, 2.05) is 25.1 Å². The smallest absolute Gasteiger partial charge is 0.241 e. The second kappa shape index (κ2) is 11.0. The molecule has 1 aliphatic heterocycles. The van der Waals surface area contributed by atoms with E-state index < -0.39 is 0 Å². The Labute approximate surface area is 184 Å². The van der Waals surface area contributed by atoms with E-state index in [2.05, 4.69) is 27.2 Å². The molecule has 7 heteroatoms. The summed E-state index contributed by atoms with van der Waals surface area (Å²) in [6, 6.07) is 13.4. The molecule has 1 atom stereocenters. The maximum absolute atomic E-state index is 12.8. The first kappa shape index (κ1) is 22.9. The topological polar surface area (TPSA) is 63.3 Å². The number of nitrogens with one attached hydrogen (secondary N) is 1. The summed E-state index contributed by atoms with van der Waals surface area (Å²) in [5.41, 5.74) is 2.01. The monoisotopic (exact) mass is 427 g/mol. The zero-order valence-electron chi connectivity index (χ0n) is 18.9. The molecule has 0 saturated carbocycles. The maximum atomic E-state index is 12.8. The van der Waals surface area contributed by atoms with Gasteiger partial charge in [-0.3, -0.25) is 9.69 Å². The summed E-state index contributed by atoms with van der Waals surface area (Å²) in [5, 5.41) is 2.99. The zero-order chi connectivity index (χ0) is 22.2. The minimum Gasteiger partial charge on any atom is -0.497 e. The van der Waals surface area contributed by atoms with Crippen LogP contribution in [-0.4, -0.2) is 75.8 Å². The van der Waals surface area contributed by atoms with Gasteiger partial charge in [0.15, 0.2) is 11.5 Å². The SMILES string of the molecule is COc1ccc(CCN2CCN(C(C)C(=O)Nc3ccc(OC)c(OC)c3)CC2)cc1. The van der Waals surface area contributed by atoms with E-state index in [-0.39, 0.29) is 11.9 Å². The fourth-order valence-corrected chi connectivity index (χ4v) is 3.78. The molecule has 1 aliphatic rings. The van der Waals surface area contributed by atoms with Crippen LogP contribution in [0.25, 0.3) is 0 Å². The van der Waals surface area contributed by atoms with E-state index in [9.17, 15) is 4.79 Å². The lowest BCUT2D eigenvalue weighted by Gasteiger charge is -2.37. The van der Waals surface area contributed by atoms with Crippen LogP contribution in [0.3, 0.4) is 0 Å². The molecule has 168 valence electrons. The average molecular weight is 428 g/mol. The third-order valence-electron chi connectivity index (χ3n) is 5.86. The van der Waals surface area contributed by atoms with E-state index in [1.165, 1.54) is 5.56 Å². The van der Waals surface area contributed by atoms with Crippen LogP contribution in [0.1, 0.15) is 12.5 Å². The largest absolute Gasteiger partial charge is 0.497 e. The Morgan fingerprint density at radius 3 is 2.23 bits per heavy atom. The van der Waals surface area contributed by atoms with Crippen LogP contribution in [0, 0.1) is 0 Å². The number of carbonyl (C=O) groups is 1. The van der Waals surface area contributed by atoms with E-state index in [0.717, 1.165) is 44.9 Å². The molecular weight excluding hydrogens is 394 g/mol. The van der Waals surface area contributed by atoms with Crippen molar-refractivity contribution >= 4 is 11.6 Å². The third-order valence-corrected chi connectivity index (χ3v) is 5.86. The molecule has 7 nitrogen and oxygen atoms in total. The number of hydrogen-bond donors (Lipinski definition) is 1. The molecule has 31 heavy (non-hydrogen) atoms. The molecule has 0 radical (unpaired) electrons. The number of amides is 1. The van der Waals surface area contributed by atoms with Crippen LogP contribution in [0.4, 0.5) is 5.69 Å². The van der Waals surface area contributed by atoms with Crippen molar-refractivity contribution in [3.8, 4) is 17.2 Å². The Bertz CT molecular complexity index is 848. The van der Waals surface area contributed by atoms with Crippen molar-refractivity contribution in [1.82, 2.24) is 9.80 Å². The highest BCUT2D eigenvalue weighted by Gasteiger charge is 2.25. The molecule has 1 fully saturated rings. The Balaban J connectivity index is 1.45. The summed E-state index contributed by atoms with van der Waals surface area (Å²) in [4.78, 5) is 17.5. The second-order valence-corrected chi connectivity index (χ2v) is 7.71. The van der Waals surface area contributed by atoms with Crippen molar-refractivity contribution in [2.24, 2.45) is 0 Å². The molecule has 1 N–H and O–H groups in total. The van der Waals surface area contributed by atoms with Gasteiger partial charge in [0.05, 0.1) is 27.4 Å². The molecule has 1 heterocycles. The van der Waals surface area contributed by atoms with E-state index in [0.29, 0.717) is 17.2 Å². The first-order valence-corrected chi connectivity index (χ1v) is 10.7. The van der Waals surface area contributed by atoms with Gasteiger partial charge in [0.25, 0.3) is 0 Å². The lowest BCUT2D eigenvalue weighted by Crippen LogP contribution is -2.53. The van der Waals surface area contributed by atoms with Crippen LogP contribution in [0.2, 0.25) is 0 Å². The number of methoxy groups -OCH3 is 3. The summed E-state index contributed by atoms with van der Waals surface area (Å²) in [6.07, 6.45) is 1.01. The van der Waals surface area contributed by atoms with Gasteiger partial charge in [-0.25, -0.2) is 0 Å². The Kier molecular flexibility index (Phi) is 8.14. The number of piperazine rings is 1.